The van der Waals surface area contributed by atoms with Gasteiger partial charge >= 0.3 is 6.18 Å². The van der Waals surface area contributed by atoms with Crippen molar-refractivity contribution in [3.05, 3.63) is 47.5 Å². The molecule has 0 amide bonds. The average molecular weight is 284 g/mol. The van der Waals surface area contributed by atoms with Gasteiger partial charge in [0.15, 0.2) is 0 Å². The van der Waals surface area contributed by atoms with Gasteiger partial charge in [0.05, 0.1) is 5.56 Å². The first-order valence-electron chi connectivity index (χ1n) is 6.22. The van der Waals surface area contributed by atoms with Gasteiger partial charge in [-0.05, 0) is 18.6 Å². The van der Waals surface area contributed by atoms with Crippen LogP contribution in [-0.4, -0.2) is 14.8 Å². The zero-order valence-corrected chi connectivity index (χ0v) is 10.9. The summed E-state index contributed by atoms with van der Waals surface area (Å²) < 4.78 is 40.5. The second-order valence-electron chi connectivity index (χ2n) is 4.39. The van der Waals surface area contributed by atoms with Gasteiger partial charge in [-0.25, -0.2) is 4.98 Å². The molecule has 2 N–H and O–H groups in total. The lowest BCUT2D eigenvalue weighted by Crippen LogP contribution is -2.21. The first-order chi connectivity index (χ1) is 9.43. The quantitative estimate of drug-likeness (QED) is 0.938. The molecule has 4 nitrogen and oxygen atoms in total. The number of aryl methyl sites for hydroxylation is 1. The minimum Gasteiger partial charge on any atom is -0.324 e. The monoisotopic (exact) mass is 284 g/mol. The zero-order chi connectivity index (χ0) is 14.8. The number of rotatable bonds is 4. The number of aromatic nitrogens is 3. The summed E-state index contributed by atoms with van der Waals surface area (Å²) in [6.45, 7) is 2.48. The summed E-state index contributed by atoms with van der Waals surface area (Å²) >= 11 is 0. The topological polar surface area (TPSA) is 56.7 Å². The van der Waals surface area contributed by atoms with Crippen molar-refractivity contribution in [2.24, 2.45) is 5.73 Å². The molecule has 1 aromatic heterocycles. The molecule has 0 aliphatic rings. The third-order valence-electron chi connectivity index (χ3n) is 3.06. The van der Waals surface area contributed by atoms with Gasteiger partial charge in [-0.15, -0.1) is 0 Å². The van der Waals surface area contributed by atoms with E-state index < -0.39 is 17.8 Å². The number of halogens is 3. The van der Waals surface area contributed by atoms with E-state index in [1.807, 2.05) is 6.92 Å². The summed E-state index contributed by atoms with van der Waals surface area (Å²) in [4.78, 5) is 4.03. The van der Waals surface area contributed by atoms with Gasteiger partial charge in [-0.1, -0.05) is 18.2 Å². The van der Waals surface area contributed by atoms with Gasteiger partial charge in [-0.2, -0.15) is 18.3 Å². The van der Waals surface area contributed by atoms with E-state index in [2.05, 4.69) is 10.1 Å². The maximum Gasteiger partial charge on any atom is 0.416 e. The van der Waals surface area contributed by atoms with E-state index in [1.54, 1.807) is 10.7 Å². The first kappa shape index (κ1) is 14.5. The Morgan fingerprint density at radius 1 is 1.30 bits per heavy atom. The predicted octanol–water partition coefficient (Wildman–Crippen LogP) is 2.56. The number of nitrogens with two attached hydrogens (primary N) is 1. The molecule has 0 aliphatic heterocycles. The number of benzene rings is 1. The maximum absolute atomic E-state index is 12.9. The number of hydrogen-bond donors (Lipinski definition) is 1. The van der Waals surface area contributed by atoms with Crippen LogP contribution in [0.4, 0.5) is 13.2 Å². The molecule has 0 saturated carbocycles. The highest BCUT2D eigenvalue weighted by molar-refractivity contribution is 5.32. The number of nitrogens with zero attached hydrogens (tertiary/aromatic N) is 3. The Balaban J connectivity index is 2.28. The van der Waals surface area contributed by atoms with Crippen molar-refractivity contribution in [2.45, 2.75) is 32.1 Å². The van der Waals surface area contributed by atoms with E-state index >= 15 is 0 Å². The summed E-state index contributed by atoms with van der Waals surface area (Å²) in [6, 6.07) is 4.57. The molecule has 108 valence electrons. The van der Waals surface area contributed by atoms with Crippen LogP contribution in [0, 0.1) is 0 Å². The minimum absolute atomic E-state index is 0.0747. The van der Waals surface area contributed by atoms with E-state index in [-0.39, 0.29) is 12.0 Å². The van der Waals surface area contributed by atoms with Crippen LogP contribution in [0.15, 0.2) is 30.6 Å². The van der Waals surface area contributed by atoms with Gasteiger partial charge in [0.1, 0.15) is 12.2 Å². The van der Waals surface area contributed by atoms with Crippen LogP contribution in [0.2, 0.25) is 0 Å². The molecule has 0 saturated heterocycles. The molecule has 0 aliphatic carbocycles. The Labute approximate surface area is 114 Å². The van der Waals surface area contributed by atoms with E-state index in [9.17, 15) is 13.2 Å². The lowest BCUT2D eigenvalue weighted by Gasteiger charge is -2.18. The Morgan fingerprint density at radius 2 is 2.00 bits per heavy atom. The molecular weight excluding hydrogens is 269 g/mol. The van der Waals surface area contributed by atoms with Crippen LogP contribution in [0.3, 0.4) is 0 Å². The second kappa shape index (κ2) is 5.62. The Hall–Kier alpha value is -1.89. The average Bonchev–Trinajstić information content (AvgIpc) is 2.85. The van der Waals surface area contributed by atoms with Gasteiger partial charge in [0, 0.05) is 19.0 Å². The Morgan fingerprint density at radius 3 is 2.65 bits per heavy atom. The molecule has 1 atom stereocenters. The molecule has 1 aromatic carbocycles. The fourth-order valence-corrected chi connectivity index (χ4v) is 2.10. The van der Waals surface area contributed by atoms with Crippen LogP contribution in [-0.2, 0) is 19.1 Å². The lowest BCUT2D eigenvalue weighted by molar-refractivity contribution is -0.138. The lowest BCUT2D eigenvalue weighted by atomic mass is 9.98. The van der Waals surface area contributed by atoms with Crippen LogP contribution in [0.1, 0.15) is 29.9 Å². The molecule has 2 rings (SSSR count). The Kier molecular flexibility index (Phi) is 4.08. The molecule has 1 unspecified atom stereocenters. The minimum atomic E-state index is -4.41. The third kappa shape index (κ3) is 2.98. The van der Waals surface area contributed by atoms with Crippen LogP contribution in [0.25, 0.3) is 0 Å². The highest BCUT2D eigenvalue weighted by atomic mass is 19.4. The molecule has 0 spiro atoms. The fourth-order valence-electron chi connectivity index (χ4n) is 2.10. The molecular formula is C13H15F3N4. The molecule has 7 heteroatoms. The van der Waals surface area contributed by atoms with E-state index in [0.717, 1.165) is 6.07 Å². The van der Waals surface area contributed by atoms with Crippen LogP contribution in [0.5, 0.6) is 0 Å². The van der Waals surface area contributed by atoms with Crippen molar-refractivity contribution in [3.63, 3.8) is 0 Å². The molecule has 0 radical (unpaired) electrons. The molecule has 0 bridgehead atoms. The van der Waals surface area contributed by atoms with Gasteiger partial charge in [0.25, 0.3) is 0 Å². The smallest absolute Gasteiger partial charge is 0.324 e. The van der Waals surface area contributed by atoms with Crippen molar-refractivity contribution >= 4 is 0 Å². The molecule has 20 heavy (non-hydrogen) atoms. The van der Waals surface area contributed by atoms with Crippen LogP contribution < -0.4 is 5.73 Å². The summed E-state index contributed by atoms with van der Waals surface area (Å²) in [6.07, 6.45) is -2.82. The van der Waals surface area contributed by atoms with E-state index in [1.165, 1.54) is 18.5 Å². The highest BCUT2D eigenvalue weighted by Gasteiger charge is 2.34. The predicted molar refractivity (Wildman–Crippen MR) is 67.8 cm³/mol. The van der Waals surface area contributed by atoms with Gasteiger partial charge < -0.3 is 5.73 Å². The standard InChI is InChI=1S/C13H15F3N4/c1-2-20-12(18-8-19-20)7-11(17)9-5-3-4-6-10(9)13(14,15)16/h3-6,8,11H,2,7,17H2,1H3. The third-order valence-corrected chi connectivity index (χ3v) is 3.06. The molecule has 2 aromatic rings. The largest absolute Gasteiger partial charge is 0.416 e. The van der Waals surface area contributed by atoms with Gasteiger partial charge in [-0.3, -0.25) is 4.68 Å². The number of alkyl halides is 3. The first-order valence-corrected chi connectivity index (χ1v) is 6.22. The van der Waals surface area contributed by atoms with Crippen molar-refractivity contribution in [2.75, 3.05) is 0 Å². The van der Waals surface area contributed by atoms with Crippen molar-refractivity contribution in [1.29, 1.82) is 0 Å². The van der Waals surface area contributed by atoms with E-state index in [4.69, 9.17) is 5.73 Å². The number of hydrogen-bond acceptors (Lipinski definition) is 3. The maximum atomic E-state index is 12.9. The van der Waals surface area contributed by atoms with Crippen molar-refractivity contribution in [3.8, 4) is 0 Å². The highest BCUT2D eigenvalue weighted by Crippen LogP contribution is 2.34. The van der Waals surface area contributed by atoms with E-state index in [0.29, 0.717) is 12.4 Å². The SMILES string of the molecule is CCn1ncnc1CC(N)c1ccccc1C(F)(F)F. The molecule has 0 fully saturated rings. The van der Waals surface area contributed by atoms with Crippen molar-refractivity contribution in [1.82, 2.24) is 14.8 Å². The summed E-state index contributed by atoms with van der Waals surface area (Å²) in [5.41, 5.74) is 5.30. The fraction of sp³-hybridized carbons (Fsp3) is 0.385. The van der Waals surface area contributed by atoms with Crippen LogP contribution >= 0.6 is 0 Å². The van der Waals surface area contributed by atoms with Crippen molar-refractivity contribution < 1.29 is 13.2 Å². The summed E-state index contributed by atoms with van der Waals surface area (Å²) in [5.74, 6) is 0.581. The Bertz CT molecular complexity index is 577. The summed E-state index contributed by atoms with van der Waals surface area (Å²) in [7, 11) is 0. The zero-order valence-electron chi connectivity index (χ0n) is 10.9. The second-order valence-corrected chi connectivity index (χ2v) is 4.39. The van der Waals surface area contributed by atoms with Gasteiger partial charge in [0.2, 0.25) is 0 Å². The normalized spacial score (nSPS) is 13.4. The molecule has 1 heterocycles. The summed E-state index contributed by atoms with van der Waals surface area (Å²) in [5, 5.41) is 3.98.